The van der Waals surface area contributed by atoms with Crippen LogP contribution in [-0.4, -0.2) is 49.6 Å². The van der Waals surface area contributed by atoms with Crippen LogP contribution in [0.25, 0.3) is 0 Å². The van der Waals surface area contributed by atoms with Crippen LogP contribution < -0.4 is 15.4 Å². The van der Waals surface area contributed by atoms with Crippen LogP contribution in [0.15, 0.2) is 23.2 Å². The standard InChI is InChI=1S/C20H32N4O2.HI/c1-6-26-18-8-7-16(11-15(18)4)12-22-20(21-5)23-17-9-10-24(13-17)19(25)14(2)3;/h7-8,11,14,17H,6,9-10,12-13H2,1-5H3,(H2,21,22,23);1H. The van der Waals surface area contributed by atoms with Gasteiger partial charge in [-0.15, -0.1) is 24.0 Å². The minimum absolute atomic E-state index is 0. The molecule has 1 heterocycles. The zero-order valence-electron chi connectivity index (χ0n) is 17.0. The molecule has 1 saturated heterocycles. The summed E-state index contributed by atoms with van der Waals surface area (Å²) in [6.07, 6.45) is 0.946. The van der Waals surface area contributed by atoms with Crippen LogP contribution in [0.5, 0.6) is 5.75 Å². The van der Waals surface area contributed by atoms with E-state index in [2.05, 4.69) is 34.7 Å². The molecule has 1 aromatic rings. The molecule has 27 heavy (non-hydrogen) atoms. The highest BCUT2D eigenvalue weighted by Crippen LogP contribution is 2.19. The number of halogens is 1. The number of likely N-dealkylation sites (tertiary alicyclic amines) is 1. The molecule has 1 aliphatic rings. The number of hydrogen-bond donors (Lipinski definition) is 2. The van der Waals surface area contributed by atoms with Crippen molar-refractivity contribution in [2.24, 2.45) is 10.9 Å². The van der Waals surface area contributed by atoms with Crippen LogP contribution in [0.2, 0.25) is 0 Å². The topological polar surface area (TPSA) is 66.0 Å². The fourth-order valence-corrected chi connectivity index (χ4v) is 3.16. The smallest absolute Gasteiger partial charge is 0.225 e. The maximum Gasteiger partial charge on any atom is 0.225 e. The molecule has 6 nitrogen and oxygen atoms in total. The van der Waals surface area contributed by atoms with Gasteiger partial charge in [-0.2, -0.15) is 0 Å². The van der Waals surface area contributed by atoms with E-state index in [0.717, 1.165) is 36.8 Å². The Morgan fingerprint density at radius 2 is 2.15 bits per heavy atom. The molecule has 0 spiro atoms. The Balaban J connectivity index is 0.00000364. The Morgan fingerprint density at radius 3 is 2.74 bits per heavy atom. The number of ether oxygens (including phenoxy) is 1. The number of carbonyl (C=O) groups excluding carboxylic acids is 1. The summed E-state index contributed by atoms with van der Waals surface area (Å²) < 4.78 is 5.58. The van der Waals surface area contributed by atoms with Crippen LogP contribution in [0.4, 0.5) is 0 Å². The van der Waals surface area contributed by atoms with Crippen molar-refractivity contribution in [3.63, 3.8) is 0 Å². The molecule has 1 unspecified atom stereocenters. The Kier molecular flexibility index (Phi) is 9.90. The van der Waals surface area contributed by atoms with Gasteiger partial charge in [0.25, 0.3) is 0 Å². The Labute approximate surface area is 180 Å². The van der Waals surface area contributed by atoms with Crippen molar-refractivity contribution in [2.75, 3.05) is 26.7 Å². The summed E-state index contributed by atoms with van der Waals surface area (Å²) in [5.74, 6) is 1.97. The first-order chi connectivity index (χ1) is 12.4. The van der Waals surface area contributed by atoms with Gasteiger partial charge in [0.05, 0.1) is 6.61 Å². The molecular formula is C20H33IN4O2. The lowest BCUT2D eigenvalue weighted by Gasteiger charge is -2.20. The van der Waals surface area contributed by atoms with Crippen molar-refractivity contribution in [3.8, 4) is 5.75 Å². The van der Waals surface area contributed by atoms with E-state index in [1.165, 1.54) is 5.56 Å². The second kappa shape index (κ2) is 11.4. The predicted molar refractivity (Wildman–Crippen MR) is 121 cm³/mol. The summed E-state index contributed by atoms with van der Waals surface area (Å²) in [6, 6.07) is 6.45. The summed E-state index contributed by atoms with van der Waals surface area (Å²) in [4.78, 5) is 18.3. The number of aliphatic imine (C=N–C) groups is 1. The van der Waals surface area contributed by atoms with E-state index in [1.54, 1.807) is 7.05 Å². The highest BCUT2D eigenvalue weighted by atomic mass is 127. The van der Waals surface area contributed by atoms with Crippen LogP contribution in [-0.2, 0) is 11.3 Å². The van der Waals surface area contributed by atoms with Gasteiger partial charge in [-0.05, 0) is 37.5 Å². The zero-order chi connectivity index (χ0) is 19.1. The number of nitrogens with one attached hydrogen (secondary N) is 2. The Morgan fingerprint density at radius 1 is 1.41 bits per heavy atom. The lowest BCUT2D eigenvalue weighted by atomic mass is 10.1. The molecule has 1 atom stereocenters. The molecule has 0 saturated carbocycles. The molecule has 0 aliphatic carbocycles. The predicted octanol–water partition coefficient (Wildman–Crippen LogP) is 2.93. The molecule has 7 heteroatoms. The maximum absolute atomic E-state index is 12.1. The molecule has 0 radical (unpaired) electrons. The van der Waals surface area contributed by atoms with Gasteiger partial charge in [-0.25, -0.2) is 0 Å². The van der Waals surface area contributed by atoms with Crippen LogP contribution in [0.3, 0.4) is 0 Å². The molecule has 0 bridgehead atoms. The highest BCUT2D eigenvalue weighted by molar-refractivity contribution is 14.0. The summed E-state index contributed by atoms with van der Waals surface area (Å²) in [6.45, 7) is 10.8. The fraction of sp³-hybridized carbons (Fsp3) is 0.600. The van der Waals surface area contributed by atoms with Gasteiger partial charge < -0.3 is 20.3 Å². The second-order valence-corrected chi connectivity index (χ2v) is 7.03. The third kappa shape index (κ3) is 6.86. The van der Waals surface area contributed by atoms with Gasteiger partial charge in [0, 0.05) is 38.6 Å². The highest BCUT2D eigenvalue weighted by Gasteiger charge is 2.27. The molecule has 1 amide bonds. The monoisotopic (exact) mass is 488 g/mol. The molecule has 2 N–H and O–H groups in total. The molecule has 2 rings (SSSR count). The molecule has 1 aromatic carbocycles. The first-order valence-electron chi connectivity index (χ1n) is 9.42. The van der Waals surface area contributed by atoms with Crippen LogP contribution >= 0.6 is 24.0 Å². The van der Waals surface area contributed by atoms with Gasteiger partial charge >= 0.3 is 0 Å². The number of benzene rings is 1. The third-order valence-electron chi connectivity index (χ3n) is 4.56. The number of aryl methyl sites for hydroxylation is 1. The van der Waals surface area contributed by atoms with Gasteiger partial charge in [-0.3, -0.25) is 9.79 Å². The molecular weight excluding hydrogens is 455 g/mol. The minimum atomic E-state index is 0. The summed E-state index contributed by atoms with van der Waals surface area (Å²) in [7, 11) is 1.77. The summed E-state index contributed by atoms with van der Waals surface area (Å²) in [5, 5.41) is 6.78. The van der Waals surface area contributed by atoms with E-state index in [0.29, 0.717) is 13.2 Å². The number of guanidine groups is 1. The average molecular weight is 488 g/mol. The van der Waals surface area contributed by atoms with Gasteiger partial charge in [0.1, 0.15) is 5.75 Å². The first kappa shape index (κ1) is 23.5. The fourth-order valence-electron chi connectivity index (χ4n) is 3.16. The normalized spacial score (nSPS) is 16.9. The van der Waals surface area contributed by atoms with Crippen LogP contribution in [0.1, 0.15) is 38.3 Å². The van der Waals surface area contributed by atoms with E-state index < -0.39 is 0 Å². The molecule has 152 valence electrons. The zero-order valence-corrected chi connectivity index (χ0v) is 19.4. The molecule has 0 aromatic heterocycles. The first-order valence-corrected chi connectivity index (χ1v) is 9.42. The van der Waals surface area contributed by atoms with Crippen molar-refractivity contribution in [3.05, 3.63) is 29.3 Å². The van der Waals surface area contributed by atoms with E-state index in [9.17, 15) is 4.79 Å². The number of carbonyl (C=O) groups is 1. The van der Waals surface area contributed by atoms with Gasteiger partial charge in [0.15, 0.2) is 5.96 Å². The molecule has 1 aliphatic heterocycles. The molecule has 1 fully saturated rings. The van der Waals surface area contributed by atoms with Crippen molar-refractivity contribution in [2.45, 2.75) is 46.7 Å². The lowest BCUT2D eigenvalue weighted by Crippen LogP contribution is -2.45. The van der Waals surface area contributed by atoms with Crippen molar-refractivity contribution in [1.82, 2.24) is 15.5 Å². The van der Waals surface area contributed by atoms with Crippen molar-refractivity contribution in [1.29, 1.82) is 0 Å². The van der Waals surface area contributed by atoms with Crippen molar-refractivity contribution >= 4 is 35.8 Å². The Bertz CT molecular complexity index is 649. The van der Waals surface area contributed by atoms with Crippen LogP contribution in [0, 0.1) is 12.8 Å². The van der Waals surface area contributed by atoms with E-state index in [1.807, 2.05) is 31.7 Å². The number of rotatable bonds is 6. The Hall–Kier alpha value is -1.51. The number of amides is 1. The number of hydrogen-bond acceptors (Lipinski definition) is 3. The van der Waals surface area contributed by atoms with E-state index in [-0.39, 0.29) is 41.8 Å². The largest absolute Gasteiger partial charge is 0.494 e. The minimum Gasteiger partial charge on any atom is -0.494 e. The lowest BCUT2D eigenvalue weighted by molar-refractivity contribution is -0.133. The third-order valence-corrected chi connectivity index (χ3v) is 4.56. The van der Waals surface area contributed by atoms with E-state index >= 15 is 0 Å². The SMILES string of the molecule is CCOc1ccc(CNC(=NC)NC2CCN(C(=O)C(C)C)C2)cc1C.I. The van der Waals surface area contributed by atoms with Gasteiger partial charge in [0.2, 0.25) is 5.91 Å². The summed E-state index contributed by atoms with van der Waals surface area (Å²) in [5.41, 5.74) is 2.31. The second-order valence-electron chi connectivity index (χ2n) is 7.03. The van der Waals surface area contributed by atoms with Gasteiger partial charge in [-0.1, -0.05) is 26.0 Å². The average Bonchev–Trinajstić information content (AvgIpc) is 3.08. The maximum atomic E-state index is 12.1. The van der Waals surface area contributed by atoms with Crippen molar-refractivity contribution < 1.29 is 9.53 Å². The quantitative estimate of drug-likeness (QED) is 0.367. The summed E-state index contributed by atoms with van der Waals surface area (Å²) >= 11 is 0. The van der Waals surface area contributed by atoms with E-state index in [4.69, 9.17) is 4.74 Å². The number of nitrogens with zero attached hydrogens (tertiary/aromatic N) is 2.